The molecule has 0 saturated heterocycles. The van der Waals surface area contributed by atoms with Crippen LogP contribution in [-0.2, 0) is 0 Å². The van der Waals surface area contributed by atoms with E-state index in [0.29, 0.717) is 35.5 Å². The Morgan fingerprint density at radius 3 is 2.83 bits per heavy atom. The van der Waals surface area contributed by atoms with Crippen molar-refractivity contribution in [3.63, 3.8) is 0 Å². The SMILES string of the molecule is CSc1nc(O[C@H]2CC[C@@H](NC(=O)O)C2)cc(-n2c(C(F)F)nc3ccccc32)n1. The molecule has 2 heterocycles. The summed E-state index contributed by atoms with van der Waals surface area (Å²) in [6.45, 7) is 0. The first-order valence-electron chi connectivity index (χ1n) is 9.29. The van der Waals surface area contributed by atoms with E-state index in [2.05, 4.69) is 20.3 Å². The van der Waals surface area contributed by atoms with E-state index in [1.54, 1.807) is 30.5 Å². The Labute approximate surface area is 174 Å². The van der Waals surface area contributed by atoms with Crippen LogP contribution in [0, 0.1) is 0 Å². The number of para-hydroxylation sites is 2. The molecule has 0 aliphatic heterocycles. The number of rotatable bonds is 6. The average molecular weight is 435 g/mol. The van der Waals surface area contributed by atoms with Crippen LogP contribution >= 0.6 is 11.8 Å². The summed E-state index contributed by atoms with van der Waals surface area (Å²) in [5.74, 6) is 0.0920. The van der Waals surface area contributed by atoms with Crippen molar-refractivity contribution in [2.75, 3.05) is 6.26 Å². The van der Waals surface area contributed by atoms with Gasteiger partial charge < -0.3 is 15.2 Å². The maximum Gasteiger partial charge on any atom is 0.404 e. The Kier molecular flexibility index (Phi) is 5.71. The Hall–Kier alpha value is -2.95. The fourth-order valence-electron chi connectivity index (χ4n) is 3.61. The van der Waals surface area contributed by atoms with Crippen molar-refractivity contribution in [2.45, 2.75) is 43.0 Å². The fourth-order valence-corrected chi connectivity index (χ4v) is 3.98. The molecule has 1 amide bonds. The highest BCUT2D eigenvalue weighted by atomic mass is 32.2. The minimum atomic E-state index is -2.79. The van der Waals surface area contributed by atoms with E-state index in [-0.39, 0.29) is 23.8 Å². The Bertz CT molecular complexity index is 1080. The van der Waals surface area contributed by atoms with Gasteiger partial charge in [-0.15, -0.1) is 0 Å². The second-order valence-electron chi connectivity index (χ2n) is 6.85. The lowest BCUT2D eigenvalue weighted by atomic mass is 10.2. The number of carboxylic acid groups (broad SMARTS) is 1. The number of ether oxygens (including phenoxy) is 1. The first-order chi connectivity index (χ1) is 14.4. The van der Waals surface area contributed by atoms with Crippen LogP contribution in [0.2, 0.25) is 0 Å². The zero-order chi connectivity index (χ0) is 21.3. The smallest absolute Gasteiger partial charge is 0.404 e. The summed E-state index contributed by atoms with van der Waals surface area (Å²) in [5.41, 5.74) is 0.953. The third-order valence-electron chi connectivity index (χ3n) is 4.86. The lowest BCUT2D eigenvalue weighted by Crippen LogP contribution is -2.32. The van der Waals surface area contributed by atoms with E-state index in [0.717, 1.165) is 0 Å². The Morgan fingerprint density at radius 2 is 2.10 bits per heavy atom. The number of hydrogen-bond donors (Lipinski definition) is 2. The predicted octanol–water partition coefficient (Wildman–Crippen LogP) is 4.04. The van der Waals surface area contributed by atoms with Crippen LogP contribution in [0.3, 0.4) is 0 Å². The number of nitrogens with zero attached hydrogens (tertiary/aromatic N) is 4. The molecular weight excluding hydrogens is 416 g/mol. The van der Waals surface area contributed by atoms with Crippen LogP contribution in [0.15, 0.2) is 35.5 Å². The second kappa shape index (κ2) is 8.42. The molecule has 0 spiro atoms. The minimum Gasteiger partial charge on any atom is -0.474 e. The van der Waals surface area contributed by atoms with E-state index in [1.807, 2.05) is 0 Å². The van der Waals surface area contributed by atoms with Crippen LogP contribution in [0.5, 0.6) is 5.88 Å². The number of alkyl halides is 2. The van der Waals surface area contributed by atoms with Gasteiger partial charge in [0.25, 0.3) is 6.43 Å². The first-order valence-corrected chi connectivity index (χ1v) is 10.5. The molecule has 1 aliphatic carbocycles. The van der Waals surface area contributed by atoms with E-state index >= 15 is 0 Å². The molecule has 2 N–H and O–H groups in total. The van der Waals surface area contributed by atoms with Gasteiger partial charge in [0.1, 0.15) is 11.9 Å². The molecule has 158 valence electrons. The number of carbonyl (C=O) groups is 1. The second-order valence-corrected chi connectivity index (χ2v) is 7.62. The molecule has 11 heteroatoms. The third kappa shape index (κ3) is 4.16. The molecular formula is C19H19F2N5O3S. The summed E-state index contributed by atoms with van der Waals surface area (Å²) in [4.78, 5) is 23.6. The van der Waals surface area contributed by atoms with Gasteiger partial charge in [-0.25, -0.2) is 23.5 Å². The number of nitrogens with one attached hydrogen (secondary N) is 1. The van der Waals surface area contributed by atoms with Gasteiger partial charge in [-0.05, 0) is 31.2 Å². The number of hydrogen-bond acceptors (Lipinski definition) is 6. The Morgan fingerprint density at radius 1 is 1.30 bits per heavy atom. The number of thioether (sulfide) groups is 1. The van der Waals surface area contributed by atoms with Crippen molar-refractivity contribution in [1.82, 2.24) is 24.8 Å². The van der Waals surface area contributed by atoms with Crippen LogP contribution < -0.4 is 10.1 Å². The summed E-state index contributed by atoms with van der Waals surface area (Å²) in [5, 5.41) is 11.7. The number of halogens is 2. The van der Waals surface area contributed by atoms with Gasteiger partial charge in [-0.3, -0.25) is 4.57 Å². The topological polar surface area (TPSA) is 102 Å². The summed E-state index contributed by atoms with van der Waals surface area (Å²) in [6.07, 6.45) is -0.468. The van der Waals surface area contributed by atoms with Gasteiger partial charge >= 0.3 is 6.09 Å². The zero-order valence-electron chi connectivity index (χ0n) is 16.0. The molecule has 0 radical (unpaired) electrons. The molecule has 2 aromatic heterocycles. The molecule has 1 fully saturated rings. The van der Waals surface area contributed by atoms with E-state index in [1.165, 1.54) is 22.4 Å². The number of aromatic nitrogens is 4. The average Bonchev–Trinajstić information content (AvgIpc) is 3.31. The van der Waals surface area contributed by atoms with Gasteiger partial charge in [0.15, 0.2) is 11.0 Å². The van der Waals surface area contributed by atoms with Gasteiger partial charge in [0, 0.05) is 18.5 Å². The molecule has 30 heavy (non-hydrogen) atoms. The van der Waals surface area contributed by atoms with Crippen molar-refractivity contribution in [2.24, 2.45) is 0 Å². The molecule has 1 aliphatic rings. The number of benzene rings is 1. The highest BCUT2D eigenvalue weighted by Gasteiger charge is 2.28. The molecule has 1 saturated carbocycles. The van der Waals surface area contributed by atoms with Crippen LogP contribution in [0.4, 0.5) is 13.6 Å². The van der Waals surface area contributed by atoms with Gasteiger partial charge in [-0.1, -0.05) is 23.9 Å². The lowest BCUT2D eigenvalue weighted by molar-refractivity contribution is 0.139. The van der Waals surface area contributed by atoms with Gasteiger partial charge in [0.05, 0.1) is 11.0 Å². The lowest BCUT2D eigenvalue weighted by Gasteiger charge is -2.15. The van der Waals surface area contributed by atoms with Crippen molar-refractivity contribution < 1.29 is 23.4 Å². The monoisotopic (exact) mass is 435 g/mol. The highest BCUT2D eigenvalue weighted by molar-refractivity contribution is 7.98. The van der Waals surface area contributed by atoms with Crippen molar-refractivity contribution in [3.8, 4) is 11.7 Å². The molecule has 4 rings (SSSR count). The predicted molar refractivity (Wildman–Crippen MR) is 107 cm³/mol. The standard InChI is InChI=1S/C19H19F2N5O3S/c1-30-18-24-14(26-13-5-3-2-4-12(13)23-17(26)16(20)21)9-15(25-18)29-11-7-6-10(8-11)22-19(27)28/h2-5,9-11,16,22H,6-8H2,1H3,(H,27,28)/t10-,11+/m1/s1. The molecule has 8 nitrogen and oxygen atoms in total. The number of amides is 1. The van der Waals surface area contributed by atoms with Crippen molar-refractivity contribution in [3.05, 3.63) is 36.2 Å². The molecule has 1 aromatic carbocycles. The van der Waals surface area contributed by atoms with E-state index < -0.39 is 18.3 Å². The maximum absolute atomic E-state index is 13.7. The zero-order valence-corrected chi connectivity index (χ0v) is 16.8. The highest BCUT2D eigenvalue weighted by Crippen LogP contribution is 2.30. The number of fused-ring (bicyclic) bond motifs is 1. The molecule has 3 aromatic rings. The quantitative estimate of drug-likeness (QED) is 0.445. The largest absolute Gasteiger partial charge is 0.474 e. The van der Waals surface area contributed by atoms with E-state index in [9.17, 15) is 13.6 Å². The minimum absolute atomic E-state index is 0.183. The van der Waals surface area contributed by atoms with Crippen molar-refractivity contribution in [1.29, 1.82) is 0 Å². The van der Waals surface area contributed by atoms with Crippen molar-refractivity contribution >= 4 is 28.9 Å². The maximum atomic E-state index is 13.7. The summed E-state index contributed by atoms with van der Waals surface area (Å²) < 4.78 is 34.7. The molecule has 2 atom stereocenters. The van der Waals surface area contributed by atoms with Crippen LogP contribution in [-0.4, -0.2) is 49.1 Å². The van der Waals surface area contributed by atoms with Gasteiger partial charge in [-0.2, -0.15) is 4.98 Å². The fraction of sp³-hybridized carbons (Fsp3) is 0.368. The van der Waals surface area contributed by atoms with Crippen LogP contribution in [0.25, 0.3) is 16.9 Å². The van der Waals surface area contributed by atoms with E-state index in [4.69, 9.17) is 9.84 Å². The molecule has 0 bridgehead atoms. The molecule has 0 unspecified atom stereocenters. The summed E-state index contributed by atoms with van der Waals surface area (Å²) in [6, 6.07) is 8.18. The number of imidazole rings is 1. The first kappa shape index (κ1) is 20.3. The summed E-state index contributed by atoms with van der Waals surface area (Å²) >= 11 is 1.27. The third-order valence-corrected chi connectivity index (χ3v) is 5.41. The Balaban J connectivity index is 1.69. The van der Waals surface area contributed by atoms with Crippen LogP contribution in [0.1, 0.15) is 31.5 Å². The summed E-state index contributed by atoms with van der Waals surface area (Å²) in [7, 11) is 0. The van der Waals surface area contributed by atoms with Gasteiger partial charge in [0.2, 0.25) is 5.88 Å². The normalized spacial score (nSPS) is 18.8.